The second-order valence-corrected chi connectivity index (χ2v) is 7.56. The van der Waals surface area contributed by atoms with Gasteiger partial charge in [0.2, 0.25) is 0 Å². The SMILES string of the molecule is CN1CCC(n2cc(NC(=O)C(=O)NCCc3cccc4[nH]ccc34)cn2)CC1. The first-order valence-corrected chi connectivity index (χ1v) is 9.97. The van der Waals surface area contributed by atoms with Crippen molar-refractivity contribution in [2.24, 2.45) is 0 Å². The minimum Gasteiger partial charge on any atom is -0.361 e. The summed E-state index contributed by atoms with van der Waals surface area (Å²) in [5, 5.41) is 10.8. The number of nitrogens with zero attached hydrogens (tertiary/aromatic N) is 3. The first kappa shape index (κ1) is 19.2. The van der Waals surface area contributed by atoms with Crippen LogP contribution in [-0.2, 0) is 16.0 Å². The lowest BCUT2D eigenvalue weighted by atomic mass is 10.1. The molecule has 152 valence electrons. The lowest BCUT2D eigenvalue weighted by molar-refractivity contribution is -0.136. The van der Waals surface area contributed by atoms with Gasteiger partial charge in [-0.3, -0.25) is 14.3 Å². The number of likely N-dealkylation sites (tertiary alicyclic amines) is 1. The van der Waals surface area contributed by atoms with Crippen LogP contribution in [0.3, 0.4) is 0 Å². The highest BCUT2D eigenvalue weighted by molar-refractivity contribution is 6.39. The van der Waals surface area contributed by atoms with E-state index >= 15 is 0 Å². The molecule has 29 heavy (non-hydrogen) atoms. The molecular weight excluding hydrogens is 368 g/mol. The summed E-state index contributed by atoms with van der Waals surface area (Å²) >= 11 is 0. The van der Waals surface area contributed by atoms with Gasteiger partial charge in [0, 0.05) is 29.8 Å². The van der Waals surface area contributed by atoms with E-state index in [9.17, 15) is 9.59 Å². The number of nitrogens with one attached hydrogen (secondary N) is 3. The van der Waals surface area contributed by atoms with E-state index in [1.165, 1.54) is 0 Å². The van der Waals surface area contributed by atoms with Crippen LogP contribution in [0.15, 0.2) is 42.9 Å². The van der Waals surface area contributed by atoms with Crippen molar-refractivity contribution in [2.45, 2.75) is 25.3 Å². The molecule has 0 bridgehead atoms. The minimum atomic E-state index is -0.673. The van der Waals surface area contributed by atoms with Crippen molar-refractivity contribution in [2.75, 3.05) is 32.0 Å². The van der Waals surface area contributed by atoms with Crippen molar-refractivity contribution in [3.05, 3.63) is 48.4 Å². The average Bonchev–Trinajstić information content (AvgIpc) is 3.38. The van der Waals surface area contributed by atoms with Crippen LogP contribution in [0.4, 0.5) is 5.69 Å². The topological polar surface area (TPSA) is 95.0 Å². The molecule has 4 rings (SSSR count). The molecule has 0 radical (unpaired) electrons. The third kappa shape index (κ3) is 4.48. The summed E-state index contributed by atoms with van der Waals surface area (Å²) in [5.74, 6) is -1.31. The third-order valence-corrected chi connectivity index (χ3v) is 5.49. The summed E-state index contributed by atoms with van der Waals surface area (Å²) in [6.45, 7) is 2.46. The Hall–Kier alpha value is -3.13. The van der Waals surface area contributed by atoms with Crippen LogP contribution in [-0.4, -0.2) is 58.2 Å². The monoisotopic (exact) mass is 394 g/mol. The number of benzene rings is 1. The summed E-state index contributed by atoms with van der Waals surface area (Å²) in [7, 11) is 2.11. The number of carbonyl (C=O) groups excluding carboxylic acids is 2. The molecule has 0 saturated carbocycles. The molecule has 0 unspecified atom stereocenters. The predicted molar refractivity (Wildman–Crippen MR) is 112 cm³/mol. The zero-order chi connectivity index (χ0) is 20.2. The Bertz CT molecular complexity index is 999. The largest absolute Gasteiger partial charge is 0.361 e. The number of hydrogen-bond acceptors (Lipinski definition) is 4. The lowest BCUT2D eigenvalue weighted by Gasteiger charge is -2.28. The Morgan fingerprint density at radius 1 is 1.21 bits per heavy atom. The summed E-state index contributed by atoms with van der Waals surface area (Å²) in [4.78, 5) is 29.8. The van der Waals surface area contributed by atoms with E-state index in [1.54, 1.807) is 12.4 Å². The molecule has 1 saturated heterocycles. The molecule has 1 aliphatic heterocycles. The van der Waals surface area contributed by atoms with Crippen molar-refractivity contribution in [3.8, 4) is 0 Å². The molecule has 3 heterocycles. The molecule has 3 N–H and O–H groups in total. The number of aromatic amines is 1. The highest BCUT2D eigenvalue weighted by Crippen LogP contribution is 2.22. The molecule has 8 nitrogen and oxygen atoms in total. The van der Waals surface area contributed by atoms with E-state index < -0.39 is 11.8 Å². The Labute approximate surface area is 169 Å². The number of amides is 2. The van der Waals surface area contributed by atoms with Gasteiger partial charge in [-0.05, 0) is 57.1 Å². The Kier molecular flexibility index (Phi) is 5.62. The number of aromatic nitrogens is 3. The number of anilines is 1. The molecule has 2 aromatic heterocycles. The van der Waals surface area contributed by atoms with E-state index in [-0.39, 0.29) is 0 Å². The molecule has 0 aliphatic carbocycles. The van der Waals surface area contributed by atoms with Crippen molar-refractivity contribution < 1.29 is 9.59 Å². The zero-order valence-corrected chi connectivity index (χ0v) is 16.5. The Morgan fingerprint density at radius 2 is 2.03 bits per heavy atom. The van der Waals surface area contributed by atoms with Crippen LogP contribution in [0.25, 0.3) is 10.9 Å². The Morgan fingerprint density at radius 3 is 2.86 bits per heavy atom. The fourth-order valence-electron chi connectivity index (χ4n) is 3.81. The number of rotatable bonds is 5. The Balaban J connectivity index is 1.26. The zero-order valence-electron chi connectivity index (χ0n) is 16.5. The standard InChI is InChI=1S/C21H26N6O2/c1-26-11-7-17(8-12-26)27-14-16(13-24-27)25-21(29)20(28)23-9-5-15-3-2-4-19-18(15)6-10-22-19/h2-4,6,10,13-14,17,22H,5,7-9,11-12H2,1H3,(H,23,28)(H,25,29). The average molecular weight is 394 g/mol. The number of fused-ring (bicyclic) bond motifs is 1. The van der Waals surface area contributed by atoms with E-state index in [4.69, 9.17) is 0 Å². The van der Waals surface area contributed by atoms with Gasteiger partial charge in [-0.15, -0.1) is 0 Å². The highest BCUT2D eigenvalue weighted by atomic mass is 16.2. The summed E-state index contributed by atoms with van der Waals surface area (Å²) in [6, 6.07) is 8.37. The van der Waals surface area contributed by atoms with Crippen LogP contribution in [0.5, 0.6) is 0 Å². The normalized spacial score (nSPS) is 15.5. The van der Waals surface area contributed by atoms with E-state index in [0.29, 0.717) is 24.7 Å². The van der Waals surface area contributed by atoms with Crippen molar-refractivity contribution in [3.63, 3.8) is 0 Å². The molecule has 0 spiro atoms. The van der Waals surface area contributed by atoms with Gasteiger partial charge in [-0.2, -0.15) is 5.10 Å². The van der Waals surface area contributed by atoms with E-state index in [1.807, 2.05) is 35.1 Å². The van der Waals surface area contributed by atoms with Crippen LogP contribution < -0.4 is 10.6 Å². The van der Waals surface area contributed by atoms with Crippen LogP contribution in [0.1, 0.15) is 24.4 Å². The van der Waals surface area contributed by atoms with Gasteiger partial charge in [0.1, 0.15) is 0 Å². The molecule has 8 heteroatoms. The molecule has 0 atom stereocenters. The molecule has 3 aromatic rings. The van der Waals surface area contributed by atoms with Gasteiger partial charge in [-0.1, -0.05) is 12.1 Å². The molecule has 1 aliphatic rings. The van der Waals surface area contributed by atoms with E-state index in [2.05, 4.69) is 32.7 Å². The van der Waals surface area contributed by atoms with Crippen LogP contribution in [0, 0.1) is 0 Å². The fourth-order valence-corrected chi connectivity index (χ4v) is 3.81. The van der Waals surface area contributed by atoms with Crippen molar-refractivity contribution in [1.29, 1.82) is 0 Å². The first-order chi connectivity index (χ1) is 14.1. The number of hydrogen-bond donors (Lipinski definition) is 3. The quantitative estimate of drug-likeness (QED) is 0.576. The highest BCUT2D eigenvalue weighted by Gasteiger charge is 2.20. The smallest absolute Gasteiger partial charge is 0.313 e. The summed E-state index contributed by atoms with van der Waals surface area (Å²) in [6.07, 6.45) is 8.00. The van der Waals surface area contributed by atoms with E-state index in [0.717, 1.165) is 42.4 Å². The maximum Gasteiger partial charge on any atom is 0.313 e. The number of piperidine rings is 1. The minimum absolute atomic E-state index is 0.335. The van der Waals surface area contributed by atoms with Crippen LogP contribution in [0.2, 0.25) is 0 Å². The fraction of sp³-hybridized carbons (Fsp3) is 0.381. The predicted octanol–water partition coefficient (Wildman–Crippen LogP) is 1.93. The van der Waals surface area contributed by atoms with Crippen molar-refractivity contribution >= 4 is 28.4 Å². The maximum atomic E-state index is 12.2. The second-order valence-electron chi connectivity index (χ2n) is 7.56. The molecule has 1 fully saturated rings. The first-order valence-electron chi connectivity index (χ1n) is 9.97. The summed E-state index contributed by atoms with van der Waals surface area (Å²) < 4.78 is 1.89. The van der Waals surface area contributed by atoms with Crippen LogP contribution >= 0.6 is 0 Å². The van der Waals surface area contributed by atoms with Crippen molar-refractivity contribution in [1.82, 2.24) is 25.0 Å². The summed E-state index contributed by atoms with van der Waals surface area (Å²) in [5.41, 5.74) is 2.73. The maximum absolute atomic E-state index is 12.2. The van der Waals surface area contributed by atoms with Gasteiger partial charge in [-0.25, -0.2) is 0 Å². The number of H-pyrrole nitrogens is 1. The van der Waals surface area contributed by atoms with Gasteiger partial charge in [0.25, 0.3) is 0 Å². The molecule has 2 amide bonds. The lowest BCUT2D eigenvalue weighted by Crippen LogP contribution is -2.36. The second kappa shape index (κ2) is 8.48. The van der Waals surface area contributed by atoms with Gasteiger partial charge in [0.15, 0.2) is 0 Å². The van der Waals surface area contributed by atoms with Gasteiger partial charge >= 0.3 is 11.8 Å². The molecular formula is C21H26N6O2. The third-order valence-electron chi connectivity index (χ3n) is 5.49. The van der Waals surface area contributed by atoms with Gasteiger partial charge in [0.05, 0.1) is 17.9 Å². The molecule has 1 aromatic carbocycles. The van der Waals surface area contributed by atoms with Gasteiger partial charge < -0.3 is 20.5 Å². The number of carbonyl (C=O) groups is 2.